The predicted molar refractivity (Wildman–Crippen MR) is 50.8 cm³/mol. The third-order valence-corrected chi connectivity index (χ3v) is 2.06. The van der Waals surface area contributed by atoms with E-state index in [1.165, 1.54) is 6.21 Å². The second kappa shape index (κ2) is 4.00. The Hall–Kier alpha value is -1.18. The Bertz CT molecular complexity index is 268. The molecule has 0 saturated heterocycles. The molecule has 1 rings (SSSR count). The van der Waals surface area contributed by atoms with Crippen LogP contribution >= 0.6 is 0 Å². The van der Waals surface area contributed by atoms with Crippen LogP contribution < -0.4 is 0 Å². The van der Waals surface area contributed by atoms with Crippen LogP contribution in [0.4, 0.5) is 0 Å². The van der Waals surface area contributed by atoms with Crippen LogP contribution in [0, 0.1) is 5.41 Å². The molecule has 12 heavy (non-hydrogen) atoms. The Morgan fingerprint density at radius 2 is 2.33 bits per heavy atom. The molecule has 0 radical (unpaired) electrons. The summed E-state index contributed by atoms with van der Waals surface area (Å²) in [4.78, 5) is 4.32. The molecule has 1 unspecified atom stereocenters. The van der Waals surface area contributed by atoms with Crippen molar-refractivity contribution in [1.82, 2.24) is 4.98 Å². The molecule has 0 spiro atoms. The normalized spacial score (nSPS) is 12.5. The van der Waals surface area contributed by atoms with Crippen molar-refractivity contribution in [3.8, 4) is 0 Å². The van der Waals surface area contributed by atoms with Crippen LogP contribution in [0.1, 0.15) is 37.6 Å². The van der Waals surface area contributed by atoms with Gasteiger partial charge in [0.1, 0.15) is 0 Å². The molecule has 0 aliphatic carbocycles. The van der Waals surface area contributed by atoms with Gasteiger partial charge in [-0.1, -0.05) is 19.9 Å². The molecular formula is C10H14N2. The number of nitrogens with one attached hydrogen (secondary N) is 1. The fourth-order valence-electron chi connectivity index (χ4n) is 1.03. The zero-order chi connectivity index (χ0) is 8.97. The van der Waals surface area contributed by atoms with E-state index in [2.05, 4.69) is 18.8 Å². The van der Waals surface area contributed by atoms with E-state index in [4.69, 9.17) is 5.41 Å². The molecule has 1 atom stereocenters. The number of rotatable bonds is 3. The molecule has 0 saturated carbocycles. The van der Waals surface area contributed by atoms with Crippen LogP contribution in [0.25, 0.3) is 0 Å². The lowest BCUT2D eigenvalue weighted by molar-refractivity contribution is 0.707. The van der Waals surface area contributed by atoms with Crippen molar-refractivity contribution < 1.29 is 0 Å². The summed E-state index contributed by atoms with van der Waals surface area (Å²) < 4.78 is 0. The summed E-state index contributed by atoms with van der Waals surface area (Å²) in [5, 5.41) is 7.05. The number of nitrogens with zero attached hydrogens (tertiary/aromatic N) is 1. The fourth-order valence-corrected chi connectivity index (χ4v) is 1.03. The molecule has 0 amide bonds. The summed E-state index contributed by atoms with van der Waals surface area (Å²) in [6, 6.07) is 5.81. The molecule has 0 bridgehead atoms. The van der Waals surface area contributed by atoms with Gasteiger partial charge in [0.2, 0.25) is 0 Å². The van der Waals surface area contributed by atoms with E-state index in [1.807, 2.05) is 18.2 Å². The lowest BCUT2D eigenvalue weighted by atomic mass is 10.0. The van der Waals surface area contributed by atoms with Crippen LogP contribution in [-0.2, 0) is 0 Å². The van der Waals surface area contributed by atoms with E-state index in [1.54, 1.807) is 0 Å². The van der Waals surface area contributed by atoms with Crippen molar-refractivity contribution in [2.45, 2.75) is 26.2 Å². The van der Waals surface area contributed by atoms with Crippen molar-refractivity contribution >= 4 is 6.21 Å². The lowest BCUT2D eigenvalue weighted by Gasteiger charge is -2.07. The molecule has 0 aliphatic heterocycles. The second-order valence-corrected chi connectivity index (χ2v) is 2.94. The molecule has 0 aromatic carbocycles. The molecule has 1 aromatic rings. The molecule has 2 heteroatoms. The van der Waals surface area contributed by atoms with Crippen LogP contribution in [0.15, 0.2) is 18.2 Å². The zero-order valence-corrected chi connectivity index (χ0v) is 7.54. The average molecular weight is 162 g/mol. The standard InChI is InChI=1S/C10H14N2/c1-3-8(2)10-6-4-5-9(7-11)12-10/h4-8,11H,3H2,1-2H3. The maximum atomic E-state index is 7.05. The quantitative estimate of drug-likeness (QED) is 0.681. The van der Waals surface area contributed by atoms with Gasteiger partial charge in [0.25, 0.3) is 0 Å². The van der Waals surface area contributed by atoms with Crippen molar-refractivity contribution in [2.75, 3.05) is 0 Å². The van der Waals surface area contributed by atoms with Gasteiger partial charge in [-0.05, 0) is 24.5 Å². The zero-order valence-electron chi connectivity index (χ0n) is 7.54. The highest BCUT2D eigenvalue weighted by molar-refractivity contribution is 5.73. The lowest BCUT2D eigenvalue weighted by Crippen LogP contribution is -1.97. The van der Waals surface area contributed by atoms with Gasteiger partial charge in [-0.2, -0.15) is 0 Å². The van der Waals surface area contributed by atoms with Gasteiger partial charge in [-0.25, -0.2) is 0 Å². The number of aromatic nitrogens is 1. The van der Waals surface area contributed by atoms with Crippen LogP contribution in [0.2, 0.25) is 0 Å². The number of hydrogen-bond acceptors (Lipinski definition) is 2. The summed E-state index contributed by atoms with van der Waals surface area (Å²) in [5.41, 5.74) is 1.83. The Morgan fingerprint density at radius 3 is 2.92 bits per heavy atom. The first-order valence-electron chi connectivity index (χ1n) is 4.25. The first kappa shape index (κ1) is 8.91. The molecule has 0 aliphatic rings. The topological polar surface area (TPSA) is 36.7 Å². The molecule has 1 heterocycles. The summed E-state index contributed by atoms with van der Waals surface area (Å²) >= 11 is 0. The largest absolute Gasteiger partial charge is 0.307 e. The van der Waals surface area contributed by atoms with E-state index >= 15 is 0 Å². The Labute approximate surface area is 73.2 Å². The van der Waals surface area contributed by atoms with E-state index in [-0.39, 0.29) is 0 Å². The molecule has 1 N–H and O–H groups in total. The molecule has 0 fully saturated rings. The van der Waals surface area contributed by atoms with Crippen molar-refractivity contribution in [3.05, 3.63) is 29.6 Å². The molecule has 64 valence electrons. The van der Waals surface area contributed by atoms with Crippen molar-refractivity contribution in [3.63, 3.8) is 0 Å². The third kappa shape index (κ3) is 1.91. The number of pyridine rings is 1. The highest BCUT2D eigenvalue weighted by Crippen LogP contribution is 2.15. The van der Waals surface area contributed by atoms with Crippen LogP contribution in [0.3, 0.4) is 0 Å². The summed E-state index contributed by atoms with van der Waals surface area (Å²) in [6.07, 6.45) is 2.38. The van der Waals surface area contributed by atoms with Gasteiger partial charge < -0.3 is 5.41 Å². The summed E-state index contributed by atoms with van der Waals surface area (Å²) in [6.45, 7) is 4.29. The SMILES string of the molecule is CCC(C)c1cccc(C=N)n1. The minimum atomic E-state index is 0.491. The van der Waals surface area contributed by atoms with Gasteiger partial charge in [-0.3, -0.25) is 4.98 Å². The molecule has 2 nitrogen and oxygen atoms in total. The summed E-state index contributed by atoms with van der Waals surface area (Å²) in [5.74, 6) is 0.491. The minimum Gasteiger partial charge on any atom is -0.307 e. The Balaban J connectivity index is 2.93. The maximum Gasteiger partial charge on any atom is 0.0808 e. The fraction of sp³-hybridized carbons (Fsp3) is 0.400. The minimum absolute atomic E-state index is 0.491. The van der Waals surface area contributed by atoms with Crippen LogP contribution in [0.5, 0.6) is 0 Å². The second-order valence-electron chi connectivity index (χ2n) is 2.94. The highest BCUT2D eigenvalue weighted by atomic mass is 14.7. The van der Waals surface area contributed by atoms with Crippen molar-refractivity contribution in [1.29, 1.82) is 5.41 Å². The van der Waals surface area contributed by atoms with Crippen molar-refractivity contribution in [2.24, 2.45) is 0 Å². The third-order valence-electron chi connectivity index (χ3n) is 2.06. The number of hydrogen-bond donors (Lipinski definition) is 1. The van der Waals surface area contributed by atoms with Crippen LogP contribution in [-0.4, -0.2) is 11.2 Å². The monoisotopic (exact) mass is 162 g/mol. The first-order valence-corrected chi connectivity index (χ1v) is 4.25. The predicted octanol–water partition coefficient (Wildman–Crippen LogP) is 2.59. The van der Waals surface area contributed by atoms with Gasteiger partial charge in [0.05, 0.1) is 5.69 Å². The molecular weight excluding hydrogens is 148 g/mol. The maximum absolute atomic E-state index is 7.05. The van der Waals surface area contributed by atoms with E-state index in [9.17, 15) is 0 Å². The van der Waals surface area contributed by atoms with E-state index in [0.717, 1.165) is 17.8 Å². The summed E-state index contributed by atoms with van der Waals surface area (Å²) in [7, 11) is 0. The van der Waals surface area contributed by atoms with E-state index in [0.29, 0.717) is 5.92 Å². The average Bonchev–Trinajstić information content (AvgIpc) is 2.17. The van der Waals surface area contributed by atoms with Gasteiger partial charge in [0, 0.05) is 11.9 Å². The molecule has 1 aromatic heterocycles. The Kier molecular flexibility index (Phi) is 2.97. The Morgan fingerprint density at radius 1 is 1.58 bits per heavy atom. The highest BCUT2D eigenvalue weighted by Gasteiger charge is 2.03. The smallest absolute Gasteiger partial charge is 0.0808 e. The van der Waals surface area contributed by atoms with Gasteiger partial charge >= 0.3 is 0 Å². The van der Waals surface area contributed by atoms with E-state index < -0.39 is 0 Å². The van der Waals surface area contributed by atoms with Gasteiger partial charge in [0.15, 0.2) is 0 Å². The first-order chi connectivity index (χ1) is 5.77. The van der Waals surface area contributed by atoms with Gasteiger partial charge in [-0.15, -0.1) is 0 Å².